The molecule has 1 saturated heterocycles. The van der Waals surface area contributed by atoms with Crippen molar-refractivity contribution in [1.82, 2.24) is 14.3 Å². The van der Waals surface area contributed by atoms with Crippen molar-refractivity contribution in [2.75, 3.05) is 18.4 Å². The predicted octanol–water partition coefficient (Wildman–Crippen LogP) is 4.08. The fraction of sp³-hybridized carbons (Fsp3) is 0.333. The molecule has 1 fully saturated rings. The highest BCUT2D eigenvalue weighted by molar-refractivity contribution is 7.13. The summed E-state index contributed by atoms with van der Waals surface area (Å²) in [6.45, 7) is 2.33. The molecule has 2 aliphatic rings. The van der Waals surface area contributed by atoms with Gasteiger partial charge in [-0.3, -0.25) is 14.8 Å². The van der Waals surface area contributed by atoms with Crippen molar-refractivity contribution in [1.29, 1.82) is 0 Å². The van der Waals surface area contributed by atoms with E-state index >= 15 is 0 Å². The Morgan fingerprint density at radius 1 is 1.11 bits per heavy atom. The molecule has 0 radical (unpaired) electrons. The lowest BCUT2D eigenvalue weighted by molar-refractivity contribution is 0.0759. The van der Waals surface area contributed by atoms with Gasteiger partial charge in [-0.15, -0.1) is 0 Å². The van der Waals surface area contributed by atoms with Gasteiger partial charge in [-0.2, -0.15) is 4.37 Å². The van der Waals surface area contributed by atoms with Crippen LogP contribution in [0.3, 0.4) is 0 Å². The van der Waals surface area contributed by atoms with Crippen LogP contribution in [0.2, 0.25) is 0 Å². The molecule has 0 saturated carbocycles. The summed E-state index contributed by atoms with van der Waals surface area (Å²) in [6, 6.07) is 9.99. The Balaban J connectivity index is 1.39. The maximum absolute atomic E-state index is 13.0. The van der Waals surface area contributed by atoms with E-state index in [2.05, 4.69) is 19.7 Å². The van der Waals surface area contributed by atoms with E-state index in [1.165, 1.54) is 24.4 Å². The summed E-state index contributed by atoms with van der Waals surface area (Å²) in [6.07, 6.45) is 6.37. The van der Waals surface area contributed by atoms with Crippen LogP contribution >= 0.6 is 11.5 Å². The second kappa shape index (κ2) is 7.31. The molecule has 1 amide bonds. The molecular formula is C21H21N5OS. The first-order chi connectivity index (χ1) is 13.8. The van der Waals surface area contributed by atoms with Gasteiger partial charge in [-0.25, -0.2) is 0 Å². The molecule has 5 rings (SSSR count). The Hall–Kier alpha value is -2.80. The van der Waals surface area contributed by atoms with E-state index < -0.39 is 0 Å². The number of hydrogen-bond donors (Lipinski definition) is 1. The topological polar surface area (TPSA) is 70.5 Å². The first-order valence-electron chi connectivity index (χ1n) is 9.74. The minimum Gasteiger partial charge on any atom is -0.339 e. The van der Waals surface area contributed by atoms with Gasteiger partial charge in [-0.05, 0) is 48.6 Å². The lowest BCUT2D eigenvalue weighted by Gasteiger charge is -2.19. The van der Waals surface area contributed by atoms with Crippen LogP contribution in [-0.4, -0.2) is 39.1 Å². The van der Waals surface area contributed by atoms with Crippen molar-refractivity contribution in [2.24, 2.45) is 4.99 Å². The highest BCUT2D eigenvalue weighted by atomic mass is 32.1. The normalized spacial score (nSPS) is 16.6. The number of pyridine rings is 1. The van der Waals surface area contributed by atoms with Crippen molar-refractivity contribution in [3.05, 3.63) is 53.5 Å². The molecule has 2 aromatic heterocycles. The largest absolute Gasteiger partial charge is 0.339 e. The van der Waals surface area contributed by atoms with Gasteiger partial charge in [-0.1, -0.05) is 18.9 Å². The number of carbonyl (C=O) groups is 1. The van der Waals surface area contributed by atoms with Gasteiger partial charge in [0, 0.05) is 35.9 Å². The van der Waals surface area contributed by atoms with Crippen molar-refractivity contribution < 1.29 is 4.79 Å². The number of rotatable bonds is 2. The summed E-state index contributed by atoms with van der Waals surface area (Å²) >= 11 is 1.38. The second-order valence-electron chi connectivity index (χ2n) is 7.25. The number of anilines is 1. The van der Waals surface area contributed by atoms with Gasteiger partial charge in [0.15, 0.2) is 5.84 Å². The smallest absolute Gasteiger partial charge is 0.274 e. The average molecular weight is 392 g/mol. The number of nitrogens with zero attached hydrogens (tertiary/aromatic N) is 4. The van der Waals surface area contributed by atoms with Crippen LogP contribution in [0.1, 0.15) is 47.4 Å². The zero-order valence-electron chi connectivity index (χ0n) is 15.5. The van der Waals surface area contributed by atoms with Gasteiger partial charge in [0.05, 0.1) is 11.2 Å². The molecule has 28 heavy (non-hydrogen) atoms. The van der Waals surface area contributed by atoms with Gasteiger partial charge in [0.25, 0.3) is 5.91 Å². The number of benzene rings is 1. The van der Waals surface area contributed by atoms with E-state index in [0.717, 1.165) is 58.8 Å². The van der Waals surface area contributed by atoms with E-state index in [9.17, 15) is 4.79 Å². The number of aromatic nitrogens is 2. The monoisotopic (exact) mass is 391 g/mol. The Labute approximate surface area is 167 Å². The zero-order chi connectivity index (χ0) is 18.9. The molecule has 3 aromatic rings. The van der Waals surface area contributed by atoms with Gasteiger partial charge in [0.2, 0.25) is 0 Å². The quantitative estimate of drug-likeness (QED) is 0.715. The lowest BCUT2D eigenvalue weighted by Crippen LogP contribution is -2.32. The summed E-state index contributed by atoms with van der Waals surface area (Å²) in [7, 11) is 0. The van der Waals surface area contributed by atoms with Crippen molar-refractivity contribution in [3.63, 3.8) is 0 Å². The molecule has 0 atom stereocenters. The minimum atomic E-state index is 0.0622. The van der Waals surface area contributed by atoms with Crippen LogP contribution in [0.4, 0.5) is 5.69 Å². The van der Waals surface area contributed by atoms with Crippen molar-refractivity contribution in [2.45, 2.75) is 32.2 Å². The van der Waals surface area contributed by atoms with Gasteiger partial charge < -0.3 is 10.2 Å². The summed E-state index contributed by atoms with van der Waals surface area (Å²) in [5.41, 5.74) is 3.55. The first kappa shape index (κ1) is 17.3. The molecule has 4 heterocycles. The fourth-order valence-corrected chi connectivity index (χ4v) is 4.66. The summed E-state index contributed by atoms with van der Waals surface area (Å²) in [5.74, 6) is 0.854. The number of carbonyl (C=O) groups excluding carboxylic acids is 1. The molecule has 7 heteroatoms. The number of likely N-dealkylation sites (tertiary alicyclic amines) is 1. The second-order valence-corrected chi connectivity index (χ2v) is 8.05. The SMILES string of the molecule is O=C(c1nsc2cc(NC3=NCc4cccnc43)ccc12)N1CCCCCC1. The third kappa shape index (κ3) is 3.16. The number of amidine groups is 1. The lowest BCUT2D eigenvalue weighted by atomic mass is 10.1. The molecule has 0 spiro atoms. The van der Waals surface area contributed by atoms with E-state index in [4.69, 9.17) is 0 Å². The number of fused-ring (bicyclic) bond motifs is 2. The highest BCUT2D eigenvalue weighted by Crippen LogP contribution is 2.28. The van der Waals surface area contributed by atoms with Crippen LogP contribution in [0, 0.1) is 0 Å². The maximum atomic E-state index is 13.0. The van der Waals surface area contributed by atoms with Gasteiger partial charge >= 0.3 is 0 Å². The van der Waals surface area contributed by atoms with Crippen LogP contribution < -0.4 is 5.32 Å². The summed E-state index contributed by atoms with van der Waals surface area (Å²) in [5, 5.41) is 4.30. The van der Waals surface area contributed by atoms with Gasteiger partial charge in [0.1, 0.15) is 11.4 Å². The number of nitrogens with one attached hydrogen (secondary N) is 1. The Kier molecular flexibility index (Phi) is 4.52. The predicted molar refractivity (Wildman–Crippen MR) is 112 cm³/mol. The first-order valence-corrected chi connectivity index (χ1v) is 10.5. The molecule has 0 unspecified atom stereocenters. The molecule has 1 aromatic carbocycles. The third-order valence-electron chi connectivity index (χ3n) is 5.35. The molecule has 142 valence electrons. The van der Waals surface area contributed by atoms with Crippen LogP contribution in [-0.2, 0) is 6.54 Å². The Morgan fingerprint density at radius 2 is 1.96 bits per heavy atom. The van der Waals surface area contributed by atoms with E-state index in [1.807, 2.05) is 35.2 Å². The maximum Gasteiger partial charge on any atom is 0.274 e. The number of amides is 1. The molecule has 0 aliphatic carbocycles. The molecule has 6 nitrogen and oxygen atoms in total. The highest BCUT2D eigenvalue weighted by Gasteiger charge is 2.22. The molecule has 0 bridgehead atoms. The average Bonchev–Trinajstić information content (AvgIpc) is 3.22. The minimum absolute atomic E-state index is 0.0622. The number of hydrogen-bond acceptors (Lipinski definition) is 6. The van der Waals surface area contributed by atoms with Crippen LogP contribution in [0.15, 0.2) is 41.5 Å². The zero-order valence-corrected chi connectivity index (χ0v) is 16.3. The van der Waals surface area contributed by atoms with E-state index in [0.29, 0.717) is 12.2 Å². The molecule has 1 N–H and O–H groups in total. The molecule has 2 aliphatic heterocycles. The van der Waals surface area contributed by atoms with E-state index in [-0.39, 0.29) is 5.91 Å². The molecular weight excluding hydrogens is 370 g/mol. The standard InChI is InChI=1S/C21H21N5OS/c27-21(26-10-3-1-2-4-11-26)19-16-8-7-15(12-17(16)28-25-19)24-20-18-14(13-23-20)6-5-9-22-18/h5-9,12H,1-4,10-11,13H2,(H,23,24). The van der Waals surface area contributed by atoms with Crippen molar-refractivity contribution >= 4 is 39.0 Å². The van der Waals surface area contributed by atoms with Crippen LogP contribution in [0.25, 0.3) is 10.1 Å². The van der Waals surface area contributed by atoms with Crippen molar-refractivity contribution in [3.8, 4) is 0 Å². The summed E-state index contributed by atoms with van der Waals surface area (Å²) in [4.78, 5) is 23.9. The number of aliphatic imine (C=N–C) groups is 1. The van der Waals surface area contributed by atoms with E-state index in [1.54, 1.807) is 6.20 Å². The Bertz CT molecular complexity index is 1070. The van der Waals surface area contributed by atoms with Crippen LogP contribution in [0.5, 0.6) is 0 Å². The third-order valence-corrected chi connectivity index (χ3v) is 6.16. The Morgan fingerprint density at radius 3 is 2.82 bits per heavy atom. The fourth-order valence-electron chi connectivity index (χ4n) is 3.85. The summed E-state index contributed by atoms with van der Waals surface area (Å²) < 4.78 is 5.49.